The summed E-state index contributed by atoms with van der Waals surface area (Å²) in [4.78, 5) is 33.5. The number of hydrogen-bond acceptors (Lipinski definition) is 6. The molecule has 1 aliphatic carbocycles. The summed E-state index contributed by atoms with van der Waals surface area (Å²) in [5.74, 6) is 0.0803. The number of halogens is 1. The van der Waals surface area contributed by atoms with Crippen LogP contribution in [0.5, 0.6) is 5.75 Å². The van der Waals surface area contributed by atoms with Crippen LogP contribution < -0.4 is 10.1 Å². The Balaban J connectivity index is 1.44. The van der Waals surface area contributed by atoms with Crippen molar-refractivity contribution in [1.82, 2.24) is 19.9 Å². The molecular weight excluding hydrogens is 456 g/mol. The molecule has 0 saturated carbocycles. The quantitative estimate of drug-likeness (QED) is 0.390. The number of amides is 1. The number of aryl methyl sites for hydroxylation is 1. The third-order valence-corrected chi connectivity index (χ3v) is 5.64. The zero-order chi connectivity index (χ0) is 24.5. The highest BCUT2D eigenvalue weighted by atomic mass is 35.5. The Labute approximate surface area is 202 Å². The molecule has 2 atom stereocenters. The fourth-order valence-corrected chi connectivity index (χ4v) is 4.03. The van der Waals surface area contributed by atoms with Crippen LogP contribution >= 0.6 is 11.6 Å². The van der Waals surface area contributed by atoms with E-state index >= 15 is 0 Å². The second-order valence-electron chi connectivity index (χ2n) is 9.18. The summed E-state index contributed by atoms with van der Waals surface area (Å²) in [5, 5.41) is 3.91. The average Bonchev–Trinajstić information content (AvgIpc) is 3.39. The number of carbonyl (C=O) groups excluding carboxylic acids is 2. The van der Waals surface area contributed by atoms with Gasteiger partial charge in [0.1, 0.15) is 29.4 Å². The molecule has 1 N–H and O–H groups in total. The summed E-state index contributed by atoms with van der Waals surface area (Å²) < 4.78 is 13.5. The number of allylic oxidation sites excluding steroid dienone is 1. The van der Waals surface area contributed by atoms with Gasteiger partial charge in [-0.2, -0.15) is 0 Å². The van der Waals surface area contributed by atoms with E-state index in [0.29, 0.717) is 22.8 Å². The molecule has 2 heterocycles. The van der Waals surface area contributed by atoms with E-state index in [0.717, 1.165) is 16.7 Å². The van der Waals surface area contributed by atoms with Gasteiger partial charge in [-0.15, -0.1) is 0 Å². The van der Waals surface area contributed by atoms with Crippen molar-refractivity contribution in [2.45, 2.75) is 51.9 Å². The van der Waals surface area contributed by atoms with E-state index in [2.05, 4.69) is 25.9 Å². The van der Waals surface area contributed by atoms with E-state index in [9.17, 15) is 9.59 Å². The van der Waals surface area contributed by atoms with Crippen LogP contribution in [0, 0.1) is 6.92 Å². The summed E-state index contributed by atoms with van der Waals surface area (Å²) in [6.07, 6.45) is 7.40. The SMILES string of the molecule is Cc1ncnc2c1ccn2[C@H]1C=C[C@@H](Oc2ccc(Cl)cc2C(=O)CNC(=O)OC(C)(C)C)C1. The Morgan fingerprint density at radius 1 is 1.21 bits per heavy atom. The second kappa shape index (κ2) is 9.46. The monoisotopic (exact) mass is 482 g/mol. The molecule has 4 rings (SSSR count). The summed E-state index contributed by atoms with van der Waals surface area (Å²) in [5.41, 5.74) is 1.45. The zero-order valence-electron chi connectivity index (χ0n) is 19.5. The van der Waals surface area contributed by atoms with Crippen molar-refractivity contribution in [1.29, 1.82) is 0 Å². The van der Waals surface area contributed by atoms with E-state index < -0.39 is 11.7 Å². The number of aromatic nitrogens is 3. The molecule has 0 unspecified atom stereocenters. The van der Waals surface area contributed by atoms with Crippen molar-refractivity contribution in [2.75, 3.05) is 6.54 Å². The van der Waals surface area contributed by atoms with Crippen LogP contribution in [0.3, 0.4) is 0 Å². The van der Waals surface area contributed by atoms with Crippen molar-refractivity contribution in [2.24, 2.45) is 0 Å². The van der Waals surface area contributed by atoms with Gasteiger partial charge in [-0.25, -0.2) is 14.8 Å². The summed E-state index contributed by atoms with van der Waals surface area (Å²) in [6.45, 7) is 6.99. The van der Waals surface area contributed by atoms with Gasteiger partial charge in [-0.3, -0.25) is 4.79 Å². The first kappa shape index (κ1) is 23.8. The van der Waals surface area contributed by atoms with Crippen LogP contribution in [0.1, 0.15) is 49.3 Å². The molecule has 8 nitrogen and oxygen atoms in total. The highest BCUT2D eigenvalue weighted by molar-refractivity contribution is 6.31. The van der Waals surface area contributed by atoms with E-state index in [-0.39, 0.29) is 24.5 Å². The number of ketones is 1. The third-order valence-electron chi connectivity index (χ3n) is 5.40. The smallest absolute Gasteiger partial charge is 0.408 e. The Morgan fingerprint density at radius 2 is 2.00 bits per heavy atom. The number of fused-ring (bicyclic) bond motifs is 1. The summed E-state index contributed by atoms with van der Waals surface area (Å²) in [7, 11) is 0. The van der Waals surface area contributed by atoms with Gasteiger partial charge < -0.3 is 19.4 Å². The minimum Gasteiger partial charge on any atom is -0.486 e. The third kappa shape index (κ3) is 5.39. The summed E-state index contributed by atoms with van der Waals surface area (Å²) >= 11 is 6.14. The maximum Gasteiger partial charge on any atom is 0.408 e. The minimum absolute atomic E-state index is 0.0667. The van der Waals surface area contributed by atoms with Crippen LogP contribution in [0.2, 0.25) is 5.02 Å². The molecule has 178 valence electrons. The van der Waals surface area contributed by atoms with Crippen molar-refractivity contribution < 1.29 is 19.1 Å². The lowest BCUT2D eigenvalue weighted by molar-refractivity contribution is 0.0520. The van der Waals surface area contributed by atoms with Crippen LogP contribution in [-0.2, 0) is 4.74 Å². The van der Waals surface area contributed by atoms with Crippen LogP contribution in [0.4, 0.5) is 4.79 Å². The first-order valence-corrected chi connectivity index (χ1v) is 11.4. The Hall–Kier alpha value is -3.39. The zero-order valence-corrected chi connectivity index (χ0v) is 20.3. The molecular formula is C25H27ClN4O4. The number of Topliss-reactive ketones (excluding diaryl/α,β-unsaturated/α-hetero) is 1. The maximum atomic E-state index is 12.8. The molecule has 1 aliphatic rings. The highest BCUT2D eigenvalue weighted by Gasteiger charge is 2.25. The normalized spacial score (nSPS) is 17.7. The minimum atomic E-state index is -0.662. The first-order valence-electron chi connectivity index (χ1n) is 11.0. The number of carbonyl (C=O) groups is 2. The van der Waals surface area contributed by atoms with Crippen molar-refractivity contribution in [3.8, 4) is 5.75 Å². The van der Waals surface area contributed by atoms with Gasteiger partial charge in [-0.05, 0) is 58.0 Å². The average molecular weight is 483 g/mol. The van der Waals surface area contributed by atoms with Gasteiger partial charge in [0.25, 0.3) is 0 Å². The number of alkyl carbamates (subject to hydrolysis) is 1. The molecule has 34 heavy (non-hydrogen) atoms. The maximum absolute atomic E-state index is 12.8. The van der Waals surface area contributed by atoms with E-state index in [1.165, 1.54) is 0 Å². The molecule has 0 aliphatic heterocycles. The van der Waals surface area contributed by atoms with Crippen LogP contribution in [0.25, 0.3) is 11.0 Å². The van der Waals surface area contributed by atoms with Crippen molar-refractivity contribution >= 4 is 34.5 Å². The number of nitrogens with one attached hydrogen (secondary N) is 1. The lowest BCUT2D eigenvalue weighted by Gasteiger charge is -2.20. The molecule has 0 radical (unpaired) electrons. The first-order chi connectivity index (χ1) is 16.1. The Bertz CT molecular complexity index is 1260. The van der Waals surface area contributed by atoms with Crippen LogP contribution in [0.15, 0.2) is 48.9 Å². The van der Waals surface area contributed by atoms with E-state index in [4.69, 9.17) is 21.1 Å². The number of nitrogens with zero attached hydrogens (tertiary/aromatic N) is 3. The second-order valence-corrected chi connectivity index (χ2v) is 9.62. The van der Waals surface area contributed by atoms with Crippen LogP contribution in [-0.4, -0.2) is 44.7 Å². The number of rotatable bonds is 6. The molecule has 1 aromatic carbocycles. The molecule has 0 saturated heterocycles. The Kier molecular flexibility index (Phi) is 6.61. The standard InChI is InChI=1S/C25H27ClN4O4/c1-15-19-9-10-30(23(19)29-14-28-15)17-6-7-18(12-17)33-22-8-5-16(26)11-20(22)21(31)13-27-24(32)34-25(2,3)4/h5-11,14,17-18H,12-13H2,1-4H3,(H,27,32)/t17-,18+/m0/s1. The lowest BCUT2D eigenvalue weighted by Crippen LogP contribution is -2.35. The van der Waals surface area contributed by atoms with E-state index in [1.54, 1.807) is 45.3 Å². The van der Waals surface area contributed by atoms with E-state index in [1.807, 2.05) is 25.3 Å². The molecule has 0 bridgehead atoms. The largest absolute Gasteiger partial charge is 0.486 e. The topological polar surface area (TPSA) is 95.3 Å². The van der Waals surface area contributed by atoms with Gasteiger partial charge in [0.05, 0.1) is 23.8 Å². The predicted octanol–water partition coefficient (Wildman–Crippen LogP) is 5.05. The predicted molar refractivity (Wildman–Crippen MR) is 129 cm³/mol. The molecule has 0 spiro atoms. The molecule has 1 amide bonds. The van der Waals surface area contributed by atoms with Crippen molar-refractivity contribution in [3.63, 3.8) is 0 Å². The Morgan fingerprint density at radius 3 is 2.76 bits per heavy atom. The fraction of sp³-hybridized carbons (Fsp3) is 0.360. The fourth-order valence-electron chi connectivity index (χ4n) is 3.85. The highest BCUT2D eigenvalue weighted by Crippen LogP contribution is 2.32. The number of benzene rings is 1. The molecule has 0 fully saturated rings. The van der Waals surface area contributed by atoms with Gasteiger partial charge in [0.15, 0.2) is 5.78 Å². The van der Waals surface area contributed by atoms with Crippen molar-refractivity contribution in [3.05, 3.63) is 65.2 Å². The molecule has 9 heteroatoms. The lowest BCUT2D eigenvalue weighted by atomic mass is 10.1. The number of ether oxygens (including phenoxy) is 2. The van der Waals surface area contributed by atoms with Gasteiger partial charge >= 0.3 is 6.09 Å². The van der Waals surface area contributed by atoms with Gasteiger partial charge in [-0.1, -0.05) is 17.7 Å². The van der Waals surface area contributed by atoms with Gasteiger partial charge in [0.2, 0.25) is 0 Å². The number of hydrogen-bond donors (Lipinski definition) is 1. The summed E-state index contributed by atoms with van der Waals surface area (Å²) in [6, 6.07) is 6.97. The van der Waals surface area contributed by atoms with Gasteiger partial charge in [0, 0.05) is 23.0 Å². The molecule has 3 aromatic rings. The molecule has 2 aromatic heterocycles.